The summed E-state index contributed by atoms with van der Waals surface area (Å²) in [5, 5.41) is 3.10. The quantitative estimate of drug-likeness (QED) is 0.618. The van der Waals surface area contributed by atoms with Crippen molar-refractivity contribution in [2.45, 2.75) is 12.8 Å². The highest BCUT2D eigenvalue weighted by Crippen LogP contribution is 2.35. The summed E-state index contributed by atoms with van der Waals surface area (Å²) in [5.41, 5.74) is 7.38. The average molecular weight is 419 g/mol. The molecule has 3 aromatic rings. The first-order valence-electron chi connectivity index (χ1n) is 9.20. The Morgan fingerprint density at radius 3 is 2.17 bits per heavy atom. The van der Waals surface area contributed by atoms with E-state index in [4.69, 9.17) is 5.73 Å². The zero-order valence-corrected chi connectivity index (χ0v) is 16.6. The van der Waals surface area contributed by atoms with E-state index in [9.17, 15) is 19.2 Å². The van der Waals surface area contributed by atoms with Gasteiger partial charge in [0.1, 0.15) is 5.00 Å². The van der Waals surface area contributed by atoms with Gasteiger partial charge >= 0.3 is 0 Å². The molecule has 0 spiro atoms. The van der Waals surface area contributed by atoms with Gasteiger partial charge in [0.2, 0.25) is 11.8 Å². The van der Waals surface area contributed by atoms with Crippen molar-refractivity contribution in [3.8, 4) is 10.4 Å². The van der Waals surface area contributed by atoms with Crippen LogP contribution in [0.15, 0.2) is 60.7 Å². The van der Waals surface area contributed by atoms with Crippen LogP contribution in [-0.4, -0.2) is 23.6 Å². The third-order valence-electron chi connectivity index (χ3n) is 4.72. The second-order valence-electron chi connectivity index (χ2n) is 6.71. The molecule has 1 fully saturated rings. The Kier molecular flexibility index (Phi) is 5.16. The van der Waals surface area contributed by atoms with Crippen LogP contribution in [0.25, 0.3) is 10.4 Å². The lowest BCUT2D eigenvalue weighted by Gasteiger charge is -2.14. The van der Waals surface area contributed by atoms with E-state index in [2.05, 4.69) is 5.32 Å². The molecule has 3 N–H and O–H groups in total. The number of hydrogen-bond donors (Lipinski definition) is 2. The third kappa shape index (κ3) is 3.72. The number of hydrogen-bond acceptors (Lipinski definition) is 5. The second-order valence-corrected chi connectivity index (χ2v) is 7.76. The Morgan fingerprint density at radius 1 is 0.933 bits per heavy atom. The summed E-state index contributed by atoms with van der Waals surface area (Å²) in [6, 6.07) is 17.3. The number of nitrogens with zero attached hydrogens (tertiary/aromatic N) is 1. The number of thiophene rings is 1. The van der Waals surface area contributed by atoms with E-state index in [1.54, 1.807) is 18.2 Å². The molecule has 0 unspecified atom stereocenters. The van der Waals surface area contributed by atoms with Crippen molar-refractivity contribution in [2.24, 2.45) is 5.73 Å². The highest BCUT2D eigenvalue weighted by molar-refractivity contribution is 7.20. The fourth-order valence-electron chi connectivity index (χ4n) is 3.21. The first kappa shape index (κ1) is 19.5. The molecule has 1 aromatic heterocycles. The van der Waals surface area contributed by atoms with E-state index >= 15 is 0 Å². The maximum Gasteiger partial charge on any atom is 0.256 e. The fourth-order valence-corrected chi connectivity index (χ4v) is 4.28. The molecule has 2 heterocycles. The summed E-state index contributed by atoms with van der Waals surface area (Å²) in [6.45, 7) is 0. The van der Waals surface area contributed by atoms with Crippen LogP contribution in [-0.2, 0) is 9.59 Å². The minimum Gasteiger partial charge on any atom is -0.366 e. The third-order valence-corrected chi connectivity index (χ3v) is 5.82. The maximum atomic E-state index is 12.7. The summed E-state index contributed by atoms with van der Waals surface area (Å²) >= 11 is 1.26. The van der Waals surface area contributed by atoms with E-state index in [-0.39, 0.29) is 30.2 Å². The van der Waals surface area contributed by atoms with Gasteiger partial charge in [-0.15, -0.1) is 11.3 Å². The highest BCUT2D eigenvalue weighted by Gasteiger charge is 2.30. The van der Waals surface area contributed by atoms with Crippen molar-refractivity contribution in [1.29, 1.82) is 0 Å². The molecule has 4 rings (SSSR count). The van der Waals surface area contributed by atoms with Crippen LogP contribution >= 0.6 is 11.3 Å². The predicted octanol–water partition coefficient (Wildman–Crippen LogP) is 3.42. The van der Waals surface area contributed by atoms with Gasteiger partial charge in [-0.05, 0) is 35.9 Å². The smallest absolute Gasteiger partial charge is 0.256 e. The summed E-state index contributed by atoms with van der Waals surface area (Å²) in [5.74, 6) is -1.57. The first-order valence-corrected chi connectivity index (χ1v) is 10.0. The van der Waals surface area contributed by atoms with Crippen LogP contribution in [0.2, 0.25) is 0 Å². The van der Waals surface area contributed by atoms with Crippen LogP contribution in [0.4, 0.5) is 10.7 Å². The molecule has 8 heteroatoms. The number of amides is 4. The Balaban J connectivity index is 1.56. The molecule has 4 amide bonds. The fraction of sp³-hybridized carbons (Fsp3) is 0.0909. The Hall–Kier alpha value is -3.78. The van der Waals surface area contributed by atoms with E-state index in [1.165, 1.54) is 23.5 Å². The molecule has 2 aromatic carbocycles. The Bertz CT molecular complexity index is 1140. The zero-order chi connectivity index (χ0) is 21.3. The van der Waals surface area contributed by atoms with Gasteiger partial charge in [-0.2, -0.15) is 0 Å². The van der Waals surface area contributed by atoms with Crippen molar-refractivity contribution in [1.82, 2.24) is 0 Å². The average Bonchev–Trinajstić information content (AvgIpc) is 3.32. The molecular weight excluding hydrogens is 402 g/mol. The van der Waals surface area contributed by atoms with E-state index in [0.717, 1.165) is 15.3 Å². The number of rotatable bonds is 5. The summed E-state index contributed by atoms with van der Waals surface area (Å²) in [7, 11) is 0. The van der Waals surface area contributed by atoms with Gasteiger partial charge in [0, 0.05) is 23.3 Å². The van der Waals surface area contributed by atoms with Crippen molar-refractivity contribution >= 4 is 45.7 Å². The molecule has 1 aliphatic heterocycles. The van der Waals surface area contributed by atoms with E-state index in [1.807, 2.05) is 30.3 Å². The summed E-state index contributed by atoms with van der Waals surface area (Å²) in [4.78, 5) is 50.2. The monoisotopic (exact) mass is 419 g/mol. The molecule has 0 atom stereocenters. The number of nitrogens with one attached hydrogen (secondary N) is 1. The van der Waals surface area contributed by atoms with Crippen LogP contribution in [0.1, 0.15) is 33.6 Å². The van der Waals surface area contributed by atoms with Gasteiger partial charge < -0.3 is 11.1 Å². The summed E-state index contributed by atoms with van der Waals surface area (Å²) < 4.78 is 0. The van der Waals surface area contributed by atoms with Crippen molar-refractivity contribution in [3.05, 3.63) is 71.8 Å². The molecule has 0 radical (unpaired) electrons. The molecule has 30 heavy (non-hydrogen) atoms. The van der Waals surface area contributed by atoms with Gasteiger partial charge in [-0.3, -0.25) is 24.1 Å². The molecule has 0 saturated carbocycles. The van der Waals surface area contributed by atoms with E-state index < -0.39 is 11.8 Å². The lowest BCUT2D eigenvalue weighted by atomic mass is 10.1. The van der Waals surface area contributed by atoms with Crippen molar-refractivity contribution in [2.75, 3.05) is 10.2 Å². The zero-order valence-electron chi connectivity index (χ0n) is 15.8. The van der Waals surface area contributed by atoms with Gasteiger partial charge in [0.25, 0.3) is 11.8 Å². The topological polar surface area (TPSA) is 110 Å². The lowest BCUT2D eigenvalue weighted by molar-refractivity contribution is -0.121. The number of carbonyl (C=O) groups excluding carboxylic acids is 4. The highest BCUT2D eigenvalue weighted by atomic mass is 32.1. The van der Waals surface area contributed by atoms with Crippen LogP contribution in [0.5, 0.6) is 0 Å². The van der Waals surface area contributed by atoms with Gasteiger partial charge in [-0.1, -0.05) is 30.3 Å². The van der Waals surface area contributed by atoms with Crippen LogP contribution < -0.4 is 16.0 Å². The van der Waals surface area contributed by atoms with Crippen molar-refractivity contribution < 1.29 is 19.2 Å². The standard InChI is InChI=1S/C22H17N3O4S/c23-20(28)16-12-17(13-4-2-1-3-5-13)30-22(16)24-21(29)14-6-8-15(9-7-14)25-18(26)10-11-19(25)27/h1-9,12H,10-11H2,(H2,23,28)(H,24,29). The first-order chi connectivity index (χ1) is 14.4. The van der Waals surface area contributed by atoms with Crippen LogP contribution in [0, 0.1) is 0 Å². The SMILES string of the molecule is NC(=O)c1cc(-c2ccccc2)sc1NC(=O)c1ccc(N2C(=O)CCC2=O)cc1. The van der Waals surface area contributed by atoms with Gasteiger partial charge in [0.15, 0.2) is 0 Å². The second kappa shape index (κ2) is 7.92. The minimum absolute atomic E-state index is 0.194. The minimum atomic E-state index is -0.634. The number of carbonyl (C=O) groups is 4. The molecule has 0 aliphatic carbocycles. The van der Waals surface area contributed by atoms with E-state index in [0.29, 0.717) is 16.3 Å². The number of primary amides is 1. The Morgan fingerprint density at radius 2 is 1.57 bits per heavy atom. The van der Waals surface area contributed by atoms with Gasteiger partial charge in [-0.25, -0.2) is 0 Å². The molecular formula is C22H17N3O4S. The number of imide groups is 1. The van der Waals surface area contributed by atoms with Crippen LogP contribution in [0.3, 0.4) is 0 Å². The molecule has 1 saturated heterocycles. The molecule has 7 nitrogen and oxygen atoms in total. The Labute approximate surface area is 176 Å². The normalized spacial score (nSPS) is 13.5. The number of anilines is 2. The molecule has 1 aliphatic rings. The summed E-state index contributed by atoms with van der Waals surface area (Å²) in [6.07, 6.45) is 0.387. The van der Waals surface area contributed by atoms with Crippen molar-refractivity contribution in [3.63, 3.8) is 0 Å². The molecule has 0 bridgehead atoms. The molecule has 150 valence electrons. The predicted molar refractivity (Wildman–Crippen MR) is 114 cm³/mol. The number of benzene rings is 2. The van der Waals surface area contributed by atoms with Gasteiger partial charge in [0.05, 0.1) is 11.3 Å². The maximum absolute atomic E-state index is 12.7. The number of nitrogens with two attached hydrogens (primary N) is 1. The lowest BCUT2D eigenvalue weighted by Crippen LogP contribution is -2.28. The largest absolute Gasteiger partial charge is 0.366 e.